The summed E-state index contributed by atoms with van der Waals surface area (Å²) in [6, 6.07) is 1.71. The molecule has 0 radical (unpaired) electrons. The Kier molecular flexibility index (Phi) is 5.82. The fraction of sp³-hybridized carbons (Fsp3) is 0.556. The molecule has 1 saturated carbocycles. The molecule has 0 nitrogen and oxygen atoms in total. The minimum atomic E-state index is -5.00. The highest BCUT2D eigenvalue weighted by Gasteiger charge is 2.38. The lowest BCUT2D eigenvalue weighted by atomic mass is 9.77. The van der Waals surface area contributed by atoms with Crippen molar-refractivity contribution in [3.63, 3.8) is 0 Å². The zero-order valence-electron chi connectivity index (χ0n) is 13.1. The van der Waals surface area contributed by atoms with Crippen LogP contribution in [-0.4, -0.2) is 0 Å². The van der Waals surface area contributed by atoms with E-state index in [1.54, 1.807) is 0 Å². The van der Waals surface area contributed by atoms with Gasteiger partial charge in [-0.05, 0) is 68.1 Å². The summed E-state index contributed by atoms with van der Waals surface area (Å²) < 4.78 is 65.1. The average molecular weight is 332 g/mol. The maximum absolute atomic E-state index is 13.7. The van der Waals surface area contributed by atoms with Crippen molar-refractivity contribution in [2.45, 2.75) is 57.5 Å². The number of alkyl halides is 3. The summed E-state index contributed by atoms with van der Waals surface area (Å²) in [5.74, 6) is -2.54. The molecule has 1 aromatic rings. The third-order valence-corrected chi connectivity index (χ3v) is 4.54. The lowest BCUT2D eigenvalue weighted by molar-refractivity contribution is -0.142. The van der Waals surface area contributed by atoms with Gasteiger partial charge in [0.1, 0.15) is 17.2 Å². The molecule has 5 heteroatoms. The molecule has 0 amide bonds. The first-order valence-electron chi connectivity index (χ1n) is 8.04. The van der Waals surface area contributed by atoms with Gasteiger partial charge in [-0.2, -0.15) is 13.2 Å². The van der Waals surface area contributed by atoms with E-state index in [0.29, 0.717) is 11.5 Å². The summed E-state index contributed by atoms with van der Waals surface area (Å²) in [6.07, 6.45) is 4.65. The highest BCUT2D eigenvalue weighted by atomic mass is 19.4. The van der Waals surface area contributed by atoms with Crippen molar-refractivity contribution in [3.8, 4) is 0 Å². The van der Waals surface area contributed by atoms with Crippen molar-refractivity contribution in [2.24, 2.45) is 5.92 Å². The van der Waals surface area contributed by atoms with E-state index in [1.807, 2.05) is 0 Å². The molecule has 23 heavy (non-hydrogen) atoms. The largest absolute Gasteiger partial charge is 0.422 e. The number of hydrogen-bond acceptors (Lipinski definition) is 0. The predicted molar refractivity (Wildman–Crippen MR) is 80.1 cm³/mol. The lowest BCUT2D eigenvalue weighted by Crippen LogP contribution is -2.16. The molecular weight excluding hydrogens is 311 g/mol. The van der Waals surface area contributed by atoms with Crippen LogP contribution in [0.25, 0.3) is 0 Å². The zero-order valence-corrected chi connectivity index (χ0v) is 13.1. The van der Waals surface area contributed by atoms with Crippen LogP contribution in [0, 0.1) is 17.6 Å². The lowest BCUT2D eigenvalue weighted by Gasteiger charge is -2.28. The minimum absolute atomic E-state index is 0.0623. The molecule has 1 aliphatic carbocycles. The maximum atomic E-state index is 13.7. The first-order valence-corrected chi connectivity index (χ1v) is 8.04. The molecule has 0 bridgehead atoms. The normalized spacial score (nSPS) is 22.7. The Morgan fingerprint density at radius 2 is 1.57 bits per heavy atom. The van der Waals surface area contributed by atoms with Gasteiger partial charge >= 0.3 is 6.18 Å². The maximum Gasteiger partial charge on any atom is 0.422 e. The van der Waals surface area contributed by atoms with Gasteiger partial charge in [-0.15, -0.1) is 0 Å². The Hall–Kier alpha value is -1.39. The fourth-order valence-corrected chi connectivity index (χ4v) is 3.29. The second-order valence-electron chi connectivity index (χ2n) is 6.19. The Labute approximate surface area is 133 Å². The number of halogens is 5. The molecule has 2 rings (SSSR count). The van der Waals surface area contributed by atoms with Gasteiger partial charge in [0.15, 0.2) is 0 Å². The topological polar surface area (TPSA) is 0 Å². The molecule has 0 aromatic heterocycles. The van der Waals surface area contributed by atoms with Crippen LogP contribution in [0.3, 0.4) is 0 Å². The van der Waals surface area contributed by atoms with Gasteiger partial charge < -0.3 is 0 Å². The van der Waals surface area contributed by atoms with Crippen LogP contribution in [0.4, 0.5) is 22.0 Å². The van der Waals surface area contributed by atoms with Crippen molar-refractivity contribution >= 4 is 0 Å². The van der Waals surface area contributed by atoms with Crippen molar-refractivity contribution in [1.82, 2.24) is 0 Å². The molecule has 0 atom stereocenters. The van der Waals surface area contributed by atoms with E-state index in [2.05, 4.69) is 19.1 Å². The number of benzene rings is 1. The quantitative estimate of drug-likeness (QED) is 0.430. The van der Waals surface area contributed by atoms with Gasteiger partial charge in [0.25, 0.3) is 0 Å². The molecule has 0 spiro atoms. The van der Waals surface area contributed by atoms with Gasteiger partial charge in [0, 0.05) is 0 Å². The Bertz CT molecular complexity index is 528. The molecule has 0 saturated heterocycles. The summed E-state index contributed by atoms with van der Waals surface area (Å²) in [7, 11) is 0. The van der Waals surface area contributed by atoms with Gasteiger partial charge in [0.2, 0.25) is 0 Å². The highest BCUT2D eigenvalue weighted by Crippen LogP contribution is 2.40. The van der Waals surface area contributed by atoms with E-state index in [0.717, 1.165) is 50.7 Å². The van der Waals surface area contributed by atoms with Gasteiger partial charge in [-0.3, -0.25) is 0 Å². The van der Waals surface area contributed by atoms with Gasteiger partial charge in [-0.25, -0.2) is 8.78 Å². The fourth-order valence-electron chi connectivity index (χ4n) is 3.29. The molecule has 1 aliphatic rings. The Morgan fingerprint density at radius 1 is 1.00 bits per heavy atom. The molecule has 1 fully saturated rings. The van der Waals surface area contributed by atoms with Crippen LogP contribution in [-0.2, 0) is 6.18 Å². The summed E-state index contributed by atoms with van der Waals surface area (Å²) in [6.45, 7) is 2.07. The van der Waals surface area contributed by atoms with Crippen LogP contribution < -0.4 is 0 Å². The van der Waals surface area contributed by atoms with Crippen molar-refractivity contribution in [1.29, 1.82) is 0 Å². The second-order valence-corrected chi connectivity index (χ2v) is 6.19. The van der Waals surface area contributed by atoms with E-state index in [1.165, 1.54) is 0 Å². The second kappa shape index (κ2) is 7.45. The Balaban J connectivity index is 2.06. The average Bonchev–Trinajstić information content (AvgIpc) is 2.46. The third-order valence-electron chi connectivity index (χ3n) is 4.54. The first kappa shape index (κ1) is 18.0. The summed E-state index contributed by atoms with van der Waals surface area (Å²) in [5.41, 5.74) is -1.45. The molecular formula is C18H21F5. The number of rotatable bonds is 4. The zero-order chi connectivity index (χ0) is 17.0. The van der Waals surface area contributed by atoms with Crippen molar-refractivity contribution in [2.75, 3.05) is 0 Å². The standard InChI is InChI=1S/C18H21F5/c1-2-3-4-5-12-6-8-13(9-7-12)14-10-15(19)17(16(20)11-14)18(21,22)23/h3-4,10-13H,2,5-9H2,1H3/b4-3-. The number of allylic oxidation sites excluding steroid dienone is 2. The molecule has 128 valence electrons. The molecule has 1 aromatic carbocycles. The minimum Gasteiger partial charge on any atom is -0.206 e. The van der Waals surface area contributed by atoms with Crippen molar-refractivity contribution < 1.29 is 22.0 Å². The van der Waals surface area contributed by atoms with E-state index >= 15 is 0 Å². The van der Waals surface area contributed by atoms with E-state index in [9.17, 15) is 22.0 Å². The van der Waals surface area contributed by atoms with Crippen LogP contribution in [0.15, 0.2) is 24.3 Å². The molecule has 0 unspecified atom stereocenters. The molecule has 0 heterocycles. The van der Waals surface area contributed by atoms with Crippen LogP contribution in [0.2, 0.25) is 0 Å². The molecule has 0 aliphatic heterocycles. The van der Waals surface area contributed by atoms with E-state index < -0.39 is 23.4 Å². The monoisotopic (exact) mass is 332 g/mol. The third kappa shape index (κ3) is 4.55. The highest BCUT2D eigenvalue weighted by molar-refractivity contribution is 5.30. The summed E-state index contributed by atoms with van der Waals surface area (Å²) in [5, 5.41) is 0. The Morgan fingerprint density at radius 3 is 2.04 bits per heavy atom. The van der Waals surface area contributed by atoms with Crippen molar-refractivity contribution in [3.05, 3.63) is 47.0 Å². The predicted octanol–water partition coefficient (Wildman–Crippen LogP) is 6.61. The van der Waals surface area contributed by atoms with Gasteiger partial charge in [-0.1, -0.05) is 19.1 Å². The van der Waals surface area contributed by atoms with Gasteiger partial charge in [0.05, 0.1) is 0 Å². The summed E-state index contributed by atoms with van der Waals surface area (Å²) in [4.78, 5) is 0. The van der Waals surface area contributed by atoms with E-state index in [-0.39, 0.29) is 5.92 Å². The van der Waals surface area contributed by atoms with Crippen LogP contribution in [0.1, 0.15) is 62.5 Å². The smallest absolute Gasteiger partial charge is 0.206 e. The SMILES string of the molecule is CC/C=C\CC1CCC(c2cc(F)c(C(F)(F)F)c(F)c2)CC1. The van der Waals surface area contributed by atoms with E-state index in [4.69, 9.17) is 0 Å². The van der Waals surface area contributed by atoms with Crippen LogP contribution >= 0.6 is 0 Å². The molecule has 0 N–H and O–H groups in total. The summed E-state index contributed by atoms with van der Waals surface area (Å²) >= 11 is 0. The van der Waals surface area contributed by atoms with Crippen LogP contribution in [0.5, 0.6) is 0 Å². The first-order chi connectivity index (χ1) is 10.8. The number of hydrogen-bond donors (Lipinski definition) is 0.